The summed E-state index contributed by atoms with van der Waals surface area (Å²) >= 11 is 0. The topological polar surface area (TPSA) is 159 Å². The van der Waals surface area contributed by atoms with Crippen LogP contribution in [0.1, 0.15) is 127 Å². The second-order valence-corrected chi connectivity index (χ2v) is 21.3. The number of amides is 5. The van der Waals surface area contributed by atoms with Gasteiger partial charge in [-0.25, -0.2) is 13.9 Å². The molecule has 6 fully saturated rings. The van der Waals surface area contributed by atoms with Crippen LogP contribution >= 0.6 is 0 Å². The van der Waals surface area contributed by atoms with Gasteiger partial charge in [-0.3, -0.25) is 33.7 Å². The zero-order chi connectivity index (χ0) is 49.2. The standard InChI is InChI=1S/C55H66F2N8O6/c56-45-18-15-36(32-46-41-11-4-5-12-42(41)51(68)60-59-46)31-44(45)53(70)64-29-27-62(28-30-64)47(66)33-61-23-7-21-55(34-61)22-8-24-65(35-55)54(71)49(38-9-2-1-3-10-38)58-50(67)43-14-6-13-40(48(43)57)37-19-25-63(26-20-37)52(69)39-16-17-39/h4-6,11-15,18,31,37-39,49H,1-3,7-10,16-17,19-30,32-35H2,(H,58,67)(H,60,68)/t49-,55+/m1/s1. The molecule has 2 saturated carbocycles. The molecular formula is C55H66F2N8O6. The van der Waals surface area contributed by atoms with E-state index in [0.717, 1.165) is 77.2 Å². The lowest BCUT2D eigenvalue weighted by atomic mass is 9.73. The number of aromatic nitrogens is 2. The van der Waals surface area contributed by atoms with Crippen molar-refractivity contribution in [3.8, 4) is 0 Å². The second kappa shape index (κ2) is 21.0. The predicted octanol–water partition coefficient (Wildman–Crippen LogP) is 6.28. The van der Waals surface area contributed by atoms with Crippen molar-refractivity contribution in [1.82, 2.24) is 40.0 Å². The van der Waals surface area contributed by atoms with Crippen molar-refractivity contribution in [1.29, 1.82) is 0 Å². The van der Waals surface area contributed by atoms with Gasteiger partial charge in [0.15, 0.2) is 0 Å². The molecule has 0 radical (unpaired) electrons. The summed E-state index contributed by atoms with van der Waals surface area (Å²) in [6.07, 6.45) is 11.7. The Kier molecular flexibility index (Phi) is 14.4. The maximum Gasteiger partial charge on any atom is 0.272 e. The van der Waals surface area contributed by atoms with Gasteiger partial charge in [-0.05, 0) is 118 Å². The Morgan fingerprint density at radius 1 is 0.704 bits per heavy atom. The summed E-state index contributed by atoms with van der Waals surface area (Å²) in [6.45, 7) is 5.08. The lowest BCUT2D eigenvalue weighted by Gasteiger charge is -2.49. The van der Waals surface area contributed by atoms with Crippen molar-refractivity contribution < 1.29 is 32.8 Å². The highest BCUT2D eigenvalue weighted by molar-refractivity contribution is 5.98. The van der Waals surface area contributed by atoms with Crippen LogP contribution in [0.15, 0.2) is 65.5 Å². The Bertz CT molecular complexity index is 2720. The van der Waals surface area contributed by atoms with Crippen LogP contribution in [-0.2, 0) is 20.8 Å². The minimum Gasteiger partial charge on any atom is -0.342 e. The van der Waals surface area contributed by atoms with Gasteiger partial charge < -0.3 is 24.9 Å². The third-order valence-electron chi connectivity index (χ3n) is 16.5. The van der Waals surface area contributed by atoms with E-state index in [-0.39, 0.29) is 83.6 Å². The van der Waals surface area contributed by atoms with Gasteiger partial charge in [-0.15, -0.1) is 0 Å². The average Bonchev–Trinajstić information content (AvgIpc) is 4.25. The molecule has 2 atom stereocenters. The van der Waals surface area contributed by atoms with E-state index in [1.807, 2.05) is 21.9 Å². The van der Waals surface area contributed by atoms with E-state index in [1.165, 1.54) is 12.1 Å². The Balaban J connectivity index is 0.742. The zero-order valence-corrected chi connectivity index (χ0v) is 40.6. The van der Waals surface area contributed by atoms with Crippen LogP contribution in [0.4, 0.5) is 8.78 Å². The zero-order valence-electron chi connectivity index (χ0n) is 40.6. The minimum absolute atomic E-state index is 0.0304. The molecule has 14 nitrogen and oxygen atoms in total. The number of aromatic amines is 1. The van der Waals surface area contributed by atoms with E-state index in [2.05, 4.69) is 20.4 Å². The van der Waals surface area contributed by atoms with Gasteiger partial charge in [-0.1, -0.05) is 55.7 Å². The molecule has 6 aliphatic rings. The number of piperazine rings is 1. The maximum absolute atomic E-state index is 16.4. The Morgan fingerprint density at radius 3 is 2.17 bits per heavy atom. The van der Waals surface area contributed by atoms with Crippen LogP contribution in [-0.4, -0.2) is 142 Å². The van der Waals surface area contributed by atoms with Crippen LogP contribution in [0.3, 0.4) is 0 Å². The molecule has 1 spiro atoms. The molecule has 2 N–H and O–H groups in total. The monoisotopic (exact) mass is 973 g/mol. The Hall–Kier alpha value is -6.03. The van der Waals surface area contributed by atoms with E-state index in [1.54, 1.807) is 46.2 Å². The molecule has 10 rings (SSSR count). The quantitative estimate of drug-likeness (QED) is 0.178. The third kappa shape index (κ3) is 10.6. The molecule has 71 heavy (non-hydrogen) atoms. The fraction of sp³-hybridized carbons (Fsp3) is 0.545. The summed E-state index contributed by atoms with van der Waals surface area (Å²) in [5, 5.41) is 11.0. The number of nitrogens with zero attached hydrogens (tertiary/aromatic N) is 6. The molecule has 5 heterocycles. The molecule has 2 aliphatic carbocycles. The van der Waals surface area contributed by atoms with E-state index in [0.29, 0.717) is 86.2 Å². The maximum atomic E-state index is 16.4. The highest BCUT2D eigenvalue weighted by Gasteiger charge is 2.44. The number of hydrogen-bond acceptors (Lipinski definition) is 8. The smallest absolute Gasteiger partial charge is 0.272 e. The lowest BCUT2D eigenvalue weighted by Crippen LogP contribution is -2.59. The van der Waals surface area contributed by atoms with Crippen molar-refractivity contribution in [2.75, 3.05) is 72.0 Å². The first kappa shape index (κ1) is 48.6. The first-order valence-corrected chi connectivity index (χ1v) is 26.1. The molecule has 376 valence electrons. The molecule has 5 amide bonds. The largest absolute Gasteiger partial charge is 0.342 e. The molecule has 4 aliphatic heterocycles. The predicted molar refractivity (Wildman–Crippen MR) is 263 cm³/mol. The highest BCUT2D eigenvalue weighted by atomic mass is 19.1. The van der Waals surface area contributed by atoms with Gasteiger partial charge in [-0.2, -0.15) is 5.10 Å². The van der Waals surface area contributed by atoms with Crippen molar-refractivity contribution >= 4 is 40.3 Å². The van der Waals surface area contributed by atoms with Crippen LogP contribution in [0.25, 0.3) is 10.8 Å². The lowest BCUT2D eigenvalue weighted by molar-refractivity contribution is -0.141. The number of benzene rings is 3. The molecule has 0 unspecified atom stereocenters. The molecular weight excluding hydrogens is 907 g/mol. The van der Waals surface area contributed by atoms with E-state index < -0.39 is 29.5 Å². The first-order valence-electron chi connectivity index (χ1n) is 26.1. The summed E-state index contributed by atoms with van der Waals surface area (Å²) in [5.41, 5.74) is 1.18. The molecule has 4 aromatic rings. The van der Waals surface area contributed by atoms with E-state index >= 15 is 8.78 Å². The number of nitrogens with one attached hydrogen (secondary N) is 2. The van der Waals surface area contributed by atoms with Crippen LogP contribution in [0.5, 0.6) is 0 Å². The van der Waals surface area contributed by atoms with Crippen molar-refractivity contribution in [3.05, 3.63) is 111 Å². The van der Waals surface area contributed by atoms with Gasteiger partial charge in [0, 0.05) is 82.0 Å². The van der Waals surface area contributed by atoms with Gasteiger partial charge in [0.2, 0.25) is 17.7 Å². The Morgan fingerprint density at radius 2 is 1.42 bits per heavy atom. The van der Waals surface area contributed by atoms with E-state index in [9.17, 15) is 28.8 Å². The summed E-state index contributed by atoms with van der Waals surface area (Å²) in [6, 6.07) is 15.8. The number of piperidine rings is 3. The van der Waals surface area contributed by atoms with Crippen LogP contribution < -0.4 is 10.9 Å². The van der Waals surface area contributed by atoms with Gasteiger partial charge in [0.25, 0.3) is 17.4 Å². The molecule has 4 saturated heterocycles. The normalized spacial score (nSPS) is 22.2. The summed E-state index contributed by atoms with van der Waals surface area (Å²) in [5.74, 6) is -2.11. The average molecular weight is 973 g/mol. The number of rotatable bonds is 11. The number of likely N-dealkylation sites (tertiary alicyclic amines) is 3. The molecule has 16 heteroatoms. The summed E-state index contributed by atoms with van der Waals surface area (Å²) < 4.78 is 31.6. The third-order valence-corrected chi connectivity index (χ3v) is 16.5. The van der Waals surface area contributed by atoms with Gasteiger partial charge in [0.1, 0.15) is 17.7 Å². The first-order chi connectivity index (χ1) is 34.4. The number of halogens is 2. The van der Waals surface area contributed by atoms with Gasteiger partial charge >= 0.3 is 0 Å². The summed E-state index contributed by atoms with van der Waals surface area (Å²) in [7, 11) is 0. The number of hydrogen-bond donors (Lipinski definition) is 2. The van der Waals surface area contributed by atoms with Crippen LogP contribution in [0, 0.1) is 28.9 Å². The SMILES string of the molecule is O=C(N[C@@H](C(=O)N1CCC[C@]2(CCCN(CC(=O)N3CCN(C(=O)c4cc(Cc5n[nH]c(=O)c6ccccc56)ccc4F)CC3)C2)C1)C1CCCCC1)c1cccc(C2CCN(C(=O)C3CC3)CC2)c1F. The van der Waals surface area contributed by atoms with Crippen molar-refractivity contribution in [3.63, 3.8) is 0 Å². The van der Waals surface area contributed by atoms with Crippen LogP contribution in [0.2, 0.25) is 0 Å². The van der Waals surface area contributed by atoms with Gasteiger partial charge in [0.05, 0.1) is 28.8 Å². The summed E-state index contributed by atoms with van der Waals surface area (Å²) in [4.78, 5) is 90.9. The second-order valence-electron chi connectivity index (χ2n) is 21.3. The minimum atomic E-state index is -0.773. The Labute approximate surface area is 413 Å². The molecule has 3 aromatic carbocycles. The fourth-order valence-electron chi connectivity index (χ4n) is 12.4. The molecule has 1 aromatic heterocycles. The van der Waals surface area contributed by atoms with E-state index in [4.69, 9.17) is 0 Å². The van der Waals surface area contributed by atoms with Crippen molar-refractivity contribution in [2.24, 2.45) is 17.3 Å². The fourth-order valence-corrected chi connectivity index (χ4v) is 12.4. The molecule has 0 bridgehead atoms. The number of fused-ring (bicyclic) bond motifs is 1. The number of H-pyrrole nitrogens is 1. The number of carbonyl (C=O) groups excluding carboxylic acids is 5. The van der Waals surface area contributed by atoms with Crippen molar-refractivity contribution in [2.45, 2.75) is 102 Å². The highest BCUT2D eigenvalue weighted by Crippen LogP contribution is 2.40. The number of carbonyl (C=O) groups is 5.